The number of fused-ring (bicyclic) bond motifs is 1. The quantitative estimate of drug-likeness (QED) is 0.536. The number of aryl methyl sites for hydroxylation is 1. The first kappa shape index (κ1) is 19.1. The van der Waals surface area contributed by atoms with Gasteiger partial charge in [-0.3, -0.25) is 4.79 Å². The van der Waals surface area contributed by atoms with E-state index in [-0.39, 0.29) is 5.91 Å². The van der Waals surface area contributed by atoms with Gasteiger partial charge in [0.2, 0.25) is 5.91 Å². The van der Waals surface area contributed by atoms with E-state index < -0.39 is 0 Å². The highest BCUT2D eigenvalue weighted by atomic mass is 32.2. The largest absolute Gasteiger partial charge is 0.341 e. The monoisotopic (exact) mass is 392 g/mol. The van der Waals surface area contributed by atoms with Crippen LogP contribution in [0.25, 0.3) is 10.9 Å². The van der Waals surface area contributed by atoms with Gasteiger partial charge in [0.05, 0.1) is 0 Å². The van der Waals surface area contributed by atoms with Gasteiger partial charge in [-0.15, -0.1) is 11.8 Å². The Kier molecular flexibility index (Phi) is 5.77. The first-order valence-corrected chi connectivity index (χ1v) is 11.1. The summed E-state index contributed by atoms with van der Waals surface area (Å²) < 4.78 is 2.13. The summed E-state index contributed by atoms with van der Waals surface area (Å²) in [6, 6.07) is 17.1. The second-order valence-electron chi connectivity index (χ2n) is 7.98. The van der Waals surface area contributed by atoms with Crippen molar-refractivity contribution in [2.75, 3.05) is 13.1 Å². The van der Waals surface area contributed by atoms with Gasteiger partial charge in [0.1, 0.15) is 6.54 Å². The van der Waals surface area contributed by atoms with E-state index in [4.69, 9.17) is 0 Å². The average molecular weight is 393 g/mol. The van der Waals surface area contributed by atoms with Crippen LogP contribution in [-0.4, -0.2) is 28.5 Å². The number of piperidine rings is 1. The Bertz CT molecular complexity index is 952. The molecule has 0 N–H and O–H groups in total. The minimum absolute atomic E-state index is 0.239. The van der Waals surface area contributed by atoms with Crippen molar-refractivity contribution in [1.29, 1.82) is 0 Å². The van der Waals surface area contributed by atoms with Gasteiger partial charge in [-0.2, -0.15) is 0 Å². The van der Waals surface area contributed by atoms with E-state index >= 15 is 0 Å². The minimum Gasteiger partial charge on any atom is -0.341 e. The lowest BCUT2D eigenvalue weighted by molar-refractivity contribution is -0.133. The lowest BCUT2D eigenvalue weighted by Gasteiger charge is -2.30. The van der Waals surface area contributed by atoms with Gasteiger partial charge in [0.25, 0.3) is 0 Å². The molecule has 1 aliphatic heterocycles. The SMILES string of the molecule is Cc1ccc(CSc2cn(CC(=O)N3CCC(C)CC3)c3ccccc23)cc1. The van der Waals surface area contributed by atoms with Gasteiger partial charge in [-0.1, -0.05) is 55.0 Å². The number of carbonyl (C=O) groups is 1. The number of aromatic nitrogens is 1. The maximum Gasteiger partial charge on any atom is 0.242 e. The van der Waals surface area contributed by atoms with Crippen molar-refractivity contribution < 1.29 is 4.79 Å². The predicted molar refractivity (Wildman–Crippen MR) is 118 cm³/mol. The third-order valence-corrected chi connectivity index (χ3v) is 6.82. The summed E-state index contributed by atoms with van der Waals surface area (Å²) in [6.45, 7) is 6.62. The predicted octanol–water partition coefficient (Wildman–Crippen LogP) is 5.50. The number of hydrogen-bond acceptors (Lipinski definition) is 2. The Labute approximate surface area is 171 Å². The van der Waals surface area contributed by atoms with Crippen LogP contribution < -0.4 is 0 Å². The highest BCUT2D eigenvalue weighted by molar-refractivity contribution is 7.98. The molecule has 4 rings (SSSR count). The number of likely N-dealkylation sites (tertiary alicyclic amines) is 1. The van der Waals surface area contributed by atoms with Crippen LogP contribution in [-0.2, 0) is 17.1 Å². The second kappa shape index (κ2) is 8.44. The van der Waals surface area contributed by atoms with Crippen LogP contribution in [0.5, 0.6) is 0 Å². The molecule has 1 aliphatic rings. The van der Waals surface area contributed by atoms with E-state index in [0.717, 1.165) is 43.1 Å². The first-order chi connectivity index (χ1) is 13.6. The molecule has 3 nitrogen and oxygen atoms in total. The highest BCUT2D eigenvalue weighted by Gasteiger charge is 2.21. The molecule has 2 heterocycles. The smallest absolute Gasteiger partial charge is 0.242 e. The van der Waals surface area contributed by atoms with Crippen molar-refractivity contribution in [2.45, 2.75) is 43.9 Å². The van der Waals surface area contributed by atoms with Crippen LogP contribution in [0.1, 0.15) is 30.9 Å². The molecule has 0 atom stereocenters. The molecule has 146 valence electrons. The normalized spacial score (nSPS) is 15.3. The zero-order valence-electron chi connectivity index (χ0n) is 16.7. The summed E-state index contributed by atoms with van der Waals surface area (Å²) in [7, 11) is 0. The molecule has 1 amide bonds. The van der Waals surface area contributed by atoms with Crippen molar-refractivity contribution in [2.24, 2.45) is 5.92 Å². The molecule has 0 aliphatic carbocycles. The molecule has 1 saturated heterocycles. The van der Waals surface area contributed by atoms with Crippen LogP contribution >= 0.6 is 11.8 Å². The molecule has 0 saturated carbocycles. The minimum atomic E-state index is 0.239. The molecule has 4 heteroatoms. The van der Waals surface area contributed by atoms with Crippen LogP contribution in [0.4, 0.5) is 0 Å². The number of amides is 1. The molecule has 0 bridgehead atoms. The first-order valence-electron chi connectivity index (χ1n) is 10.1. The van der Waals surface area contributed by atoms with E-state index in [1.54, 1.807) is 0 Å². The van der Waals surface area contributed by atoms with Gasteiger partial charge < -0.3 is 9.47 Å². The Morgan fingerprint density at radius 1 is 1.07 bits per heavy atom. The van der Waals surface area contributed by atoms with Crippen molar-refractivity contribution in [3.05, 3.63) is 65.9 Å². The van der Waals surface area contributed by atoms with Crippen molar-refractivity contribution >= 4 is 28.6 Å². The third-order valence-electron chi connectivity index (χ3n) is 5.71. The number of hydrogen-bond donors (Lipinski definition) is 0. The van der Waals surface area contributed by atoms with E-state index in [1.165, 1.54) is 21.4 Å². The van der Waals surface area contributed by atoms with Crippen molar-refractivity contribution in [3.8, 4) is 0 Å². The number of nitrogens with zero attached hydrogens (tertiary/aromatic N) is 2. The molecule has 1 fully saturated rings. The van der Waals surface area contributed by atoms with Gasteiger partial charge in [0, 0.05) is 40.8 Å². The maximum atomic E-state index is 12.8. The molecule has 0 radical (unpaired) electrons. The van der Waals surface area contributed by atoms with Crippen LogP contribution in [0.15, 0.2) is 59.6 Å². The van der Waals surface area contributed by atoms with Gasteiger partial charge in [0.15, 0.2) is 0 Å². The Balaban J connectivity index is 1.51. The van der Waals surface area contributed by atoms with Gasteiger partial charge in [-0.25, -0.2) is 0 Å². The molecule has 1 aromatic heterocycles. The standard InChI is InChI=1S/C24H28N2OS/c1-18-7-9-20(10-8-18)17-28-23-15-26(22-6-4-3-5-21(22)23)16-24(27)25-13-11-19(2)12-14-25/h3-10,15,19H,11-14,16-17H2,1-2H3. The van der Waals surface area contributed by atoms with Crippen LogP contribution in [0.3, 0.4) is 0 Å². The zero-order chi connectivity index (χ0) is 19.5. The second-order valence-corrected chi connectivity index (χ2v) is 8.99. The number of carbonyl (C=O) groups excluding carboxylic acids is 1. The average Bonchev–Trinajstić information content (AvgIpc) is 3.06. The van der Waals surface area contributed by atoms with Crippen LogP contribution in [0.2, 0.25) is 0 Å². The summed E-state index contributed by atoms with van der Waals surface area (Å²) in [4.78, 5) is 16.1. The Hall–Kier alpha value is -2.20. The topological polar surface area (TPSA) is 25.2 Å². The molecule has 28 heavy (non-hydrogen) atoms. The van der Waals surface area contributed by atoms with Crippen LogP contribution in [0, 0.1) is 12.8 Å². The molecule has 2 aromatic carbocycles. The van der Waals surface area contributed by atoms with E-state index in [2.05, 4.69) is 73.1 Å². The molecule has 0 unspecified atom stereocenters. The Morgan fingerprint density at radius 2 is 1.79 bits per heavy atom. The van der Waals surface area contributed by atoms with Gasteiger partial charge >= 0.3 is 0 Å². The fourth-order valence-electron chi connectivity index (χ4n) is 3.81. The van der Waals surface area contributed by atoms with Gasteiger partial charge in [-0.05, 0) is 37.3 Å². The molecule has 3 aromatic rings. The number of rotatable bonds is 5. The van der Waals surface area contributed by atoms with E-state index in [9.17, 15) is 4.79 Å². The number of thioether (sulfide) groups is 1. The summed E-state index contributed by atoms with van der Waals surface area (Å²) in [6.07, 6.45) is 4.40. The molecular formula is C24H28N2OS. The third kappa shape index (κ3) is 4.27. The van der Waals surface area contributed by atoms with E-state index in [1.807, 2.05) is 16.7 Å². The summed E-state index contributed by atoms with van der Waals surface area (Å²) in [5.74, 6) is 1.91. The maximum absolute atomic E-state index is 12.8. The van der Waals surface area contributed by atoms with E-state index in [0.29, 0.717) is 6.54 Å². The number of benzene rings is 2. The summed E-state index contributed by atoms with van der Waals surface area (Å²) in [5, 5.41) is 1.24. The van der Waals surface area contributed by atoms with Crippen molar-refractivity contribution in [3.63, 3.8) is 0 Å². The molecular weight excluding hydrogens is 364 g/mol. The molecule has 0 spiro atoms. The lowest BCUT2D eigenvalue weighted by atomic mass is 9.99. The lowest BCUT2D eigenvalue weighted by Crippen LogP contribution is -2.39. The highest BCUT2D eigenvalue weighted by Crippen LogP contribution is 2.32. The number of para-hydroxylation sites is 1. The Morgan fingerprint density at radius 3 is 2.54 bits per heavy atom. The summed E-state index contributed by atoms with van der Waals surface area (Å²) >= 11 is 1.85. The zero-order valence-corrected chi connectivity index (χ0v) is 17.5. The fraction of sp³-hybridized carbons (Fsp3) is 0.375. The van der Waals surface area contributed by atoms with Crippen molar-refractivity contribution in [1.82, 2.24) is 9.47 Å². The summed E-state index contributed by atoms with van der Waals surface area (Å²) in [5.41, 5.74) is 3.76. The fourth-order valence-corrected chi connectivity index (χ4v) is 4.85.